The highest BCUT2D eigenvalue weighted by Crippen LogP contribution is 2.41. The van der Waals surface area contributed by atoms with Crippen molar-refractivity contribution < 1.29 is 4.79 Å². The first-order valence-corrected chi connectivity index (χ1v) is 8.64. The number of amides is 2. The van der Waals surface area contributed by atoms with Crippen molar-refractivity contribution in [3.8, 4) is 0 Å². The van der Waals surface area contributed by atoms with E-state index < -0.39 is 0 Å². The van der Waals surface area contributed by atoms with Crippen LogP contribution in [0.3, 0.4) is 0 Å². The van der Waals surface area contributed by atoms with Crippen LogP contribution in [0.15, 0.2) is 30.5 Å². The Balaban J connectivity index is 1.66. The van der Waals surface area contributed by atoms with E-state index in [4.69, 9.17) is 11.6 Å². The summed E-state index contributed by atoms with van der Waals surface area (Å²) in [5.41, 5.74) is 3.06. The number of carbonyl (C=O) groups is 1. The molecule has 2 N–H and O–H groups in total. The van der Waals surface area contributed by atoms with Gasteiger partial charge in [-0.1, -0.05) is 23.7 Å². The Morgan fingerprint density at radius 2 is 1.96 bits per heavy atom. The lowest BCUT2D eigenvalue weighted by Gasteiger charge is -2.21. The second kappa shape index (κ2) is 6.85. The minimum Gasteiger partial charge on any atom is -0.332 e. The molecule has 1 heterocycles. The fraction of sp³-hybridized carbons (Fsp3) is 0.444. The number of aromatic nitrogens is 2. The van der Waals surface area contributed by atoms with E-state index in [1.807, 2.05) is 51.4 Å². The van der Waals surface area contributed by atoms with Crippen LogP contribution in [0.5, 0.6) is 0 Å². The van der Waals surface area contributed by atoms with Crippen LogP contribution in [0.2, 0.25) is 5.02 Å². The van der Waals surface area contributed by atoms with Gasteiger partial charge in [-0.25, -0.2) is 4.79 Å². The molecule has 1 aromatic heterocycles. The Kier molecular flexibility index (Phi) is 4.81. The summed E-state index contributed by atoms with van der Waals surface area (Å²) >= 11 is 5.96. The molecule has 0 unspecified atom stereocenters. The molecule has 24 heavy (non-hydrogen) atoms. The first kappa shape index (κ1) is 16.8. The van der Waals surface area contributed by atoms with E-state index in [0.717, 1.165) is 29.7 Å². The molecular formula is C18H23ClN4O. The maximum atomic E-state index is 12.5. The summed E-state index contributed by atoms with van der Waals surface area (Å²) in [4.78, 5) is 12.5. The van der Waals surface area contributed by atoms with Gasteiger partial charge in [-0.05, 0) is 50.3 Å². The molecule has 2 atom stereocenters. The second-order valence-corrected chi connectivity index (χ2v) is 6.99. The van der Waals surface area contributed by atoms with Gasteiger partial charge in [-0.3, -0.25) is 4.68 Å². The van der Waals surface area contributed by atoms with E-state index in [1.165, 1.54) is 0 Å². The molecule has 128 valence electrons. The topological polar surface area (TPSA) is 59.0 Å². The number of urea groups is 1. The van der Waals surface area contributed by atoms with E-state index in [-0.39, 0.29) is 18.1 Å². The fourth-order valence-corrected chi connectivity index (χ4v) is 3.20. The number of halogens is 1. The molecule has 1 fully saturated rings. The Bertz CT molecular complexity index is 721. The summed E-state index contributed by atoms with van der Waals surface area (Å²) in [6.07, 6.45) is 4.23. The van der Waals surface area contributed by atoms with Crippen LogP contribution in [0.4, 0.5) is 4.79 Å². The normalized spacial score (nSPS) is 16.5. The maximum absolute atomic E-state index is 12.5. The zero-order valence-electron chi connectivity index (χ0n) is 14.2. The Hall–Kier alpha value is -2.01. The summed E-state index contributed by atoms with van der Waals surface area (Å²) in [7, 11) is 1.88. The number of hydrogen-bond acceptors (Lipinski definition) is 2. The van der Waals surface area contributed by atoms with Crippen molar-refractivity contribution in [3.05, 3.63) is 52.3 Å². The lowest BCUT2D eigenvalue weighted by molar-refractivity contribution is 0.232. The summed E-state index contributed by atoms with van der Waals surface area (Å²) in [5.74, 6) is 0.507. The van der Waals surface area contributed by atoms with Crippen molar-refractivity contribution in [3.63, 3.8) is 0 Å². The minimum absolute atomic E-state index is 0.0319. The molecule has 1 saturated carbocycles. The summed E-state index contributed by atoms with van der Waals surface area (Å²) < 4.78 is 1.77. The highest BCUT2D eigenvalue weighted by atomic mass is 35.5. The van der Waals surface area contributed by atoms with Crippen LogP contribution < -0.4 is 10.6 Å². The molecule has 5 nitrogen and oxygen atoms in total. The summed E-state index contributed by atoms with van der Waals surface area (Å²) in [5, 5.41) is 11.2. The van der Waals surface area contributed by atoms with Crippen molar-refractivity contribution in [2.24, 2.45) is 13.0 Å². The van der Waals surface area contributed by atoms with E-state index in [0.29, 0.717) is 10.9 Å². The fourth-order valence-electron chi connectivity index (χ4n) is 3.07. The Morgan fingerprint density at radius 3 is 2.50 bits per heavy atom. The van der Waals surface area contributed by atoms with Gasteiger partial charge >= 0.3 is 6.03 Å². The van der Waals surface area contributed by atoms with Crippen molar-refractivity contribution in [1.82, 2.24) is 20.4 Å². The molecule has 0 saturated heterocycles. The highest BCUT2D eigenvalue weighted by molar-refractivity contribution is 6.30. The van der Waals surface area contributed by atoms with Gasteiger partial charge in [0.25, 0.3) is 0 Å². The second-order valence-electron chi connectivity index (χ2n) is 6.55. The van der Waals surface area contributed by atoms with E-state index >= 15 is 0 Å². The van der Waals surface area contributed by atoms with Crippen LogP contribution in [-0.4, -0.2) is 15.8 Å². The molecule has 3 rings (SSSR count). The third kappa shape index (κ3) is 3.90. The molecule has 0 radical (unpaired) electrons. The van der Waals surface area contributed by atoms with Crippen molar-refractivity contribution >= 4 is 17.6 Å². The number of carbonyl (C=O) groups excluding carboxylic acids is 1. The average Bonchev–Trinajstić information content (AvgIpc) is 3.30. The van der Waals surface area contributed by atoms with E-state index in [1.54, 1.807) is 4.68 Å². The molecule has 2 aromatic rings. The quantitative estimate of drug-likeness (QED) is 0.862. The molecule has 1 aliphatic rings. The van der Waals surface area contributed by atoms with Crippen LogP contribution in [0.1, 0.15) is 48.7 Å². The Labute approximate surface area is 147 Å². The summed E-state index contributed by atoms with van der Waals surface area (Å²) in [6.45, 7) is 3.92. The third-order valence-corrected chi connectivity index (χ3v) is 4.73. The standard InChI is InChI=1S/C18H23ClN4O/c1-11(16-10-23(3)22-12(16)2)20-18(24)21-17(13-4-5-13)14-6-8-15(19)9-7-14/h6-11,13,17H,4-5H2,1-3H3,(H2,20,21,24)/t11-,17-/m0/s1. The smallest absolute Gasteiger partial charge is 0.315 e. The van der Waals surface area contributed by atoms with Crippen LogP contribution >= 0.6 is 11.6 Å². The van der Waals surface area contributed by atoms with Gasteiger partial charge < -0.3 is 10.6 Å². The molecule has 0 aliphatic heterocycles. The first-order chi connectivity index (χ1) is 11.4. The molecule has 0 spiro atoms. The van der Waals surface area contributed by atoms with Crippen molar-refractivity contribution in [2.75, 3.05) is 0 Å². The third-order valence-electron chi connectivity index (χ3n) is 4.47. The maximum Gasteiger partial charge on any atom is 0.315 e. The number of benzene rings is 1. The van der Waals surface area contributed by atoms with Gasteiger partial charge in [0.1, 0.15) is 0 Å². The number of aryl methyl sites for hydroxylation is 2. The number of nitrogens with zero attached hydrogens (tertiary/aromatic N) is 2. The molecular weight excluding hydrogens is 324 g/mol. The van der Waals surface area contributed by atoms with Gasteiger partial charge in [0.15, 0.2) is 0 Å². The van der Waals surface area contributed by atoms with Gasteiger partial charge in [-0.15, -0.1) is 0 Å². The zero-order chi connectivity index (χ0) is 17.3. The first-order valence-electron chi connectivity index (χ1n) is 8.26. The van der Waals surface area contributed by atoms with Gasteiger partial charge in [0, 0.05) is 23.8 Å². The van der Waals surface area contributed by atoms with Crippen molar-refractivity contribution in [2.45, 2.75) is 38.8 Å². The van der Waals surface area contributed by atoms with E-state index in [9.17, 15) is 4.79 Å². The average molecular weight is 347 g/mol. The zero-order valence-corrected chi connectivity index (χ0v) is 15.0. The van der Waals surface area contributed by atoms with Crippen LogP contribution in [0.25, 0.3) is 0 Å². The molecule has 1 aliphatic carbocycles. The van der Waals surface area contributed by atoms with Gasteiger partial charge in [0.2, 0.25) is 0 Å². The van der Waals surface area contributed by atoms with Crippen molar-refractivity contribution in [1.29, 1.82) is 0 Å². The Morgan fingerprint density at radius 1 is 1.29 bits per heavy atom. The lowest BCUT2D eigenvalue weighted by Crippen LogP contribution is -2.40. The minimum atomic E-state index is -0.155. The van der Waals surface area contributed by atoms with Crippen LogP contribution in [-0.2, 0) is 7.05 Å². The molecule has 6 heteroatoms. The predicted molar refractivity (Wildman–Crippen MR) is 94.9 cm³/mol. The van der Waals surface area contributed by atoms with Crippen LogP contribution in [0, 0.1) is 12.8 Å². The SMILES string of the molecule is Cc1nn(C)cc1[C@H](C)NC(=O)N[C@H](c1ccc(Cl)cc1)C1CC1. The summed E-state index contributed by atoms with van der Waals surface area (Å²) in [6, 6.07) is 7.49. The molecule has 2 amide bonds. The largest absolute Gasteiger partial charge is 0.332 e. The molecule has 1 aromatic carbocycles. The molecule has 0 bridgehead atoms. The number of nitrogens with one attached hydrogen (secondary N) is 2. The lowest BCUT2D eigenvalue weighted by atomic mass is 10.0. The number of rotatable bonds is 5. The van der Waals surface area contributed by atoms with Gasteiger partial charge in [-0.2, -0.15) is 5.10 Å². The van der Waals surface area contributed by atoms with E-state index in [2.05, 4.69) is 15.7 Å². The highest BCUT2D eigenvalue weighted by Gasteiger charge is 2.33. The van der Waals surface area contributed by atoms with Gasteiger partial charge in [0.05, 0.1) is 17.8 Å². The number of hydrogen-bond donors (Lipinski definition) is 2. The predicted octanol–water partition coefficient (Wildman–Crippen LogP) is 3.89. The monoisotopic (exact) mass is 346 g/mol.